The molecular formula is C27H23N3O3S. The van der Waals surface area contributed by atoms with E-state index in [1.54, 1.807) is 11.9 Å². The summed E-state index contributed by atoms with van der Waals surface area (Å²) in [5.41, 5.74) is 4.18. The van der Waals surface area contributed by atoms with Gasteiger partial charge in [0.15, 0.2) is 11.7 Å². The van der Waals surface area contributed by atoms with Crippen LogP contribution in [0.2, 0.25) is 0 Å². The maximum Gasteiger partial charge on any atom is 0.264 e. The van der Waals surface area contributed by atoms with Crippen molar-refractivity contribution in [1.82, 2.24) is 4.98 Å². The third-order valence-electron chi connectivity index (χ3n) is 5.87. The molecule has 0 saturated heterocycles. The number of rotatable bonds is 5. The van der Waals surface area contributed by atoms with Gasteiger partial charge in [-0.1, -0.05) is 60.7 Å². The number of carbonyl (C=O) groups excluding carboxylic acids is 2. The zero-order valence-corrected chi connectivity index (χ0v) is 19.6. The number of aryl methyl sites for hydroxylation is 1. The van der Waals surface area contributed by atoms with Crippen molar-refractivity contribution in [3.63, 3.8) is 0 Å². The Morgan fingerprint density at radius 2 is 1.68 bits per heavy atom. The number of anilines is 2. The van der Waals surface area contributed by atoms with E-state index in [0.29, 0.717) is 16.6 Å². The molecule has 3 aromatic carbocycles. The SMILES string of the molecule is Cc1sc(NC(=O)C(c2ccccc2)c2ccccc2)nc1-c1ccc2c(c1)N(C)C(=O)CO2. The highest BCUT2D eigenvalue weighted by atomic mass is 32.1. The molecule has 1 aromatic heterocycles. The van der Waals surface area contributed by atoms with Crippen LogP contribution in [0, 0.1) is 6.92 Å². The molecule has 2 amide bonds. The highest BCUT2D eigenvalue weighted by Gasteiger charge is 2.25. The van der Waals surface area contributed by atoms with E-state index in [-0.39, 0.29) is 18.4 Å². The molecule has 34 heavy (non-hydrogen) atoms. The smallest absolute Gasteiger partial charge is 0.264 e. The standard InChI is InChI=1S/C27H23N3O3S/c1-17-25(20-13-14-22-21(15-20)30(2)23(31)16-33-22)28-27(34-17)29-26(32)24(18-9-5-3-6-10-18)19-11-7-4-8-12-19/h3-15,24H,16H2,1-2H3,(H,28,29,32). The minimum Gasteiger partial charge on any atom is -0.482 e. The fourth-order valence-corrected chi connectivity index (χ4v) is 4.94. The van der Waals surface area contributed by atoms with E-state index in [0.717, 1.165) is 27.3 Å². The van der Waals surface area contributed by atoms with Crippen LogP contribution in [0.3, 0.4) is 0 Å². The van der Waals surface area contributed by atoms with Crippen LogP contribution in [0.4, 0.5) is 10.8 Å². The number of nitrogens with one attached hydrogen (secondary N) is 1. The molecule has 1 aliphatic heterocycles. The summed E-state index contributed by atoms with van der Waals surface area (Å²) in [4.78, 5) is 32.8. The minimum absolute atomic E-state index is 0.0404. The molecule has 0 aliphatic carbocycles. The molecule has 1 aliphatic rings. The third kappa shape index (κ3) is 4.18. The van der Waals surface area contributed by atoms with Crippen LogP contribution in [0.25, 0.3) is 11.3 Å². The largest absolute Gasteiger partial charge is 0.482 e. The second kappa shape index (κ2) is 9.11. The number of nitrogens with zero attached hydrogens (tertiary/aromatic N) is 2. The second-order valence-electron chi connectivity index (χ2n) is 8.09. The zero-order chi connectivity index (χ0) is 23.7. The number of likely N-dealkylation sites (N-methyl/N-ethyl adjacent to an activating group) is 1. The van der Waals surface area contributed by atoms with Crippen LogP contribution >= 0.6 is 11.3 Å². The van der Waals surface area contributed by atoms with Gasteiger partial charge in [-0.25, -0.2) is 4.98 Å². The van der Waals surface area contributed by atoms with Crippen LogP contribution in [0.5, 0.6) is 5.75 Å². The molecule has 0 unspecified atom stereocenters. The van der Waals surface area contributed by atoms with E-state index in [9.17, 15) is 9.59 Å². The number of fused-ring (bicyclic) bond motifs is 1. The normalized spacial score (nSPS) is 12.9. The number of aromatic nitrogens is 1. The van der Waals surface area contributed by atoms with Gasteiger partial charge in [0.05, 0.1) is 17.3 Å². The van der Waals surface area contributed by atoms with E-state index >= 15 is 0 Å². The summed E-state index contributed by atoms with van der Waals surface area (Å²) >= 11 is 1.43. The predicted molar refractivity (Wildman–Crippen MR) is 135 cm³/mol. The molecule has 170 valence electrons. The first kappa shape index (κ1) is 21.9. The average molecular weight is 470 g/mol. The molecular weight excluding hydrogens is 446 g/mol. The number of ether oxygens (including phenoxy) is 1. The van der Waals surface area contributed by atoms with Gasteiger partial charge in [0.25, 0.3) is 5.91 Å². The molecule has 0 spiro atoms. The van der Waals surface area contributed by atoms with Gasteiger partial charge in [-0.3, -0.25) is 9.59 Å². The summed E-state index contributed by atoms with van der Waals surface area (Å²) in [6.07, 6.45) is 0. The van der Waals surface area contributed by atoms with E-state index in [1.807, 2.05) is 85.8 Å². The second-order valence-corrected chi connectivity index (χ2v) is 9.29. The van der Waals surface area contributed by atoms with Gasteiger partial charge >= 0.3 is 0 Å². The molecule has 0 fully saturated rings. The van der Waals surface area contributed by atoms with Gasteiger partial charge < -0.3 is 15.0 Å². The van der Waals surface area contributed by atoms with E-state index < -0.39 is 5.92 Å². The van der Waals surface area contributed by atoms with E-state index in [1.165, 1.54) is 11.3 Å². The minimum atomic E-state index is -0.449. The molecule has 7 heteroatoms. The lowest BCUT2D eigenvalue weighted by Crippen LogP contribution is -2.35. The molecule has 0 radical (unpaired) electrons. The lowest BCUT2D eigenvalue weighted by Gasteiger charge is -2.26. The van der Waals surface area contributed by atoms with Crippen molar-refractivity contribution in [3.05, 3.63) is 94.9 Å². The van der Waals surface area contributed by atoms with Gasteiger partial charge in [-0.05, 0) is 36.2 Å². The van der Waals surface area contributed by atoms with Crippen LogP contribution < -0.4 is 15.0 Å². The summed E-state index contributed by atoms with van der Waals surface area (Å²) in [6, 6.07) is 25.1. The van der Waals surface area contributed by atoms with Crippen molar-refractivity contribution in [1.29, 1.82) is 0 Å². The molecule has 4 aromatic rings. The summed E-state index contributed by atoms with van der Waals surface area (Å²) < 4.78 is 5.53. The van der Waals surface area contributed by atoms with Crippen LogP contribution in [-0.2, 0) is 9.59 Å². The van der Waals surface area contributed by atoms with Gasteiger partial charge in [0.1, 0.15) is 5.75 Å². The number of thiazole rings is 1. The molecule has 0 saturated carbocycles. The molecule has 2 heterocycles. The first-order chi connectivity index (χ1) is 16.5. The average Bonchev–Trinajstić information content (AvgIpc) is 3.22. The molecule has 0 atom stereocenters. The Kier molecular flexibility index (Phi) is 5.86. The zero-order valence-electron chi connectivity index (χ0n) is 18.8. The Bertz CT molecular complexity index is 1310. The quantitative estimate of drug-likeness (QED) is 0.434. The van der Waals surface area contributed by atoms with Crippen LogP contribution in [0.15, 0.2) is 78.9 Å². The molecule has 1 N–H and O–H groups in total. The number of hydrogen-bond donors (Lipinski definition) is 1. The lowest BCUT2D eigenvalue weighted by atomic mass is 9.90. The maximum absolute atomic E-state index is 13.4. The van der Waals surface area contributed by atoms with Crippen molar-refractivity contribution in [2.75, 3.05) is 23.9 Å². The monoisotopic (exact) mass is 469 g/mol. The van der Waals surface area contributed by atoms with Gasteiger partial charge in [-0.15, -0.1) is 11.3 Å². The maximum atomic E-state index is 13.4. The fourth-order valence-electron chi connectivity index (χ4n) is 4.10. The third-order valence-corrected chi connectivity index (χ3v) is 6.76. The van der Waals surface area contributed by atoms with Crippen LogP contribution in [0.1, 0.15) is 21.9 Å². The Hall–Kier alpha value is -3.97. The fraction of sp³-hybridized carbons (Fsp3) is 0.148. The summed E-state index contributed by atoms with van der Waals surface area (Å²) in [5, 5.41) is 3.56. The summed E-state index contributed by atoms with van der Waals surface area (Å²) in [7, 11) is 1.74. The van der Waals surface area contributed by atoms with Crippen molar-refractivity contribution in [2.24, 2.45) is 0 Å². The number of amides is 2. The van der Waals surface area contributed by atoms with Crippen molar-refractivity contribution < 1.29 is 14.3 Å². The van der Waals surface area contributed by atoms with Gasteiger partial charge in [0.2, 0.25) is 5.91 Å². The first-order valence-electron chi connectivity index (χ1n) is 10.9. The molecule has 5 rings (SSSR count). The Labute approximate surface area is 201 Å². The highest BCUT2D eigenvalue weighted by molar-refractivity contribution is 7.16. The van der Waals surface area contributed by atoms with Gasteiger partial charge in [-0.2, -0.15) is 0 Å². The Balaban J connectivity index is 1.44. The number of hydrogen-bond acceptors (Lipinski definition) is 5. The summed E-state index contributed by atoms with van der Waals surface area (Å²) in [5.74, 6) is -0.0150. The molecule has 0 bridgehead atoms. The van der Waals surface area contributed by atoms with Crippen molar-refractivity contribution in [2.45, 2.75) is 12.8 Å². The van der Waals surface area contributed by atoms with Crippen molar-refractivity contribution in [3.8, 4) is 17.0 Å². The van der Waals surface area contributed by atoms with E-state index in [2.05, 4.69) is 5.32 Å². The van der Waals surface area contributed by atoms with Crippen molar-refractivity contribution >= 4 is 34.0 Å². The number of carbonyl (C=O) groups is 2. The highest BCUT2D eigenvalue weighted by Crippen LogP contribution is 2.38. The van der Waals surface area contributed by atoms with Crippen LogP contribution in [-0.4, -0.2) is 30.5 Å². The Morgan fingerprint density at radius 1 is 1.03 bits per heavy atom. The topological polar surface area (TPSA) is 71.5 Å². The first-order valence-corrected chi connectivity index (χ1v) is 11.7. The number of benzene rings is 3. The summed E-state index contributed by atoms with van der Waals surface area (Å²) in [6.45, 7) is 2.01. The molecule has 6 nitrogen and oxygen atoms in total. The predicted octanol–water partition coefficient (Wildman–Crippen LogP) is 5.24. The van der Waals surface area contributed by atoms with Gasteiger partial charge in [0, 0.05) is 17.5 Å². The van der Waals surface area contributed by atoms with E-state index in [4.69, 9.17) is 9.72 Å². The Morgan fingerprint density at radius 3 is 2.32 bits per heavy atom. The lowest BCUT2D eigenvalue weighted by molar-refractivity contribution is -0.121.